The molecule has 0 bridgehead atoms. The van der Waals surface area contributed by atoms with E-state index in [0.29, 0.717) is 6.61 Å². The van der Waals surface area contributed by atoms with Crippen LogP contribution in [0.4, 0.5) is 0 Å². The van der Waals surface area contributed by atoms with Crippen LogP contribution in [0.1, 0.15) is 30.5 Å². The SMILES string of the molecule is COCCCC(N)c1nnc(C)n1-c1ccccc1. The number of hydrogen-bond acceptors (Lipinski definition) is 4. The molecule has 0 aliphatic carbocycles. The predicted octanol–water partition coefficient (Wildman–Crippen LogP) is 2.00. The third-order valence-electron chi connectivity index (χ3n) is 3.06. The fourth-order valence-electron chi connectivity index (χ4n) is 2.09. The van der Waals surface area contributed by atoms with E-state index in [1.807, 2.05) is 41.8 Å². The summed E-state index contributed by atoms with van der Waals surface area (Å²) in [7, 11) is 1.70. The number of aromatic nitrogens is 3. The zero-order valence-electron chi connectivity index (χ0n) is 11.4. The van der Waals surface area contributed by atoms with Gasteiger partial charge in [-0.3, -0.25) is 4.57 Å². The molecule has 1 heterocycles. The van der Waals surface area contributed by atoms with Crippen LogP contribution >= 0.6 is 0 Å². The van der Waals surface area contributed by atoms with Crippen LogP contribution in [0.5, 0.6) is 0 Å². The highest BCUT2D eigenvalue weighted by molar-refractivity contribution is 5.34. The maximum Gasteiger partial charge on any atom is 0.154 e. The second kappa shape index (κ2) is 6.45. The quantitative estimate of drug-likeness (QED) is 0.807. The molecule has 1 aromatic heterocycles. The van der Waals surface area contributed by atoms with E-state index in [9.17, 15) is 0 Å². The number of nitrogens with two attached hydrogens (primary N) is 1. The molecule has 0 saturated carbocycles. The van der Waals surface area contributed by atoms with Gasteiger partial charge in [0.25, 0.3) is 0 Å². The molecule has 0 spiro atoms. The molecule has 0 fully saturated rings. The van der Waals surface area contributed by atoms with Crippen LogP contribution < -0.4 is 5.73 Å². The topological polar surface area (TPSA) is 66.0 Å². The third kappa shape index (κ3) is 3.19. The average Bonchev–Trinajstić information content (AvgIpc) is 2.82. The zero-order chi connectivity index (χ0) is 13.7. The number of aryl methyl sites for hydroxylation is 1. The first kappa shape index (κ1) is 13.7. The molecule has 2 rings (SSSR count). The summed E-state index contributed by atoms with van der Waals surface area (Å²) >= 11 is 0. The van der Waals surface area contributed by atoms with Crippen LogP contribution in [0.3, 0.4) is 0 Å². The molecule has 0 radical (unpaired) electrons. The Kier molecular flexibility index (Phi) is 4.65. The highest BCUT2D eigenvalue weighted by Gasteiger charge is 2.17. The van der Waals surface area contributed by atoms with Gasteiger partial charge in [-0.25, -0.2) is 0 Å². The van der Waals surface area contributed by atoms with Gasteiger partial charge in [-0.05, 0) is 31.9 Å². The molecule has 2 N–H and O–H groups in total. The van der Waals surface area contributed by atoms with Gasteiger partial charge in [0.05, 0.1) is 6.04 Å². The largest absolute Gasteiger partial charge is 0.385 e. The molecular formula is C14H20N4O. The van der Waals surface area contributed by atoms with E-state index < -0.39 is 0 Å². The van der Waals surface area contributed by atoms with E-state index in [-0.39, 0.29) is 6.04 Å². The minimum absolute atomic E-state index is 0.128. The van der Waals surface area contributed by atoms with Gasteiger partial charge in [0.15, 0.2) is 5.82 Å². The molecule has 1 atom stereocenters. The summed E-state index contributed by atoms with van der Waals surface area (Å²) in [6.07, 6.45) is 1.75. The summed E-state index contributed by atoms with van der Waals surface area (Å²) in [6.45, 7) is 2.65. The highest BCUT2D eigenvalue weighted by atomic mass is 16.5. The smallest absolute Gasteiger partial charge is 0.154 e. The Hall–Kier alpha value is -1.72. The predicted molar refractivity (Wildman–Crippen MR) is 74.1 cm³/mol. The molecular weight excluding hydrogens is 240 g/mol. The lowest BCUT2D eigenvalue weighted by Gasteiger charge is -2.14. The molecule has 2 aromatic rings. The number of nitrogens with zero attached hydrogens (tertiary/aromatic N) is 3. The van der Waals surface area contributed by atoms with Crippen LogP contribution in [-0.4, -0.2) is 28.5 Å². The Morgan fingerprint density at radius 2 is 2.00 bits per heavy atom. The summed E-state index contributed by atoms with van der Waals surface area (Å²) in [5.41, 5.74) is 7.25. The van der Waals surface area contributed by atoms with Crippen molar-refractivity contribution in [2.24, 2.45) is 5.73 Å². The maximum absolute atomic E-state index is 6.21. The van der Waals surface area contributed by atoms with E-state index in [4.69, 9.17) is 10.5 Å². The minimum atomic E-state index is -0.128. The van der Waals surface area contributed by atoms with Crippen molar-refractivity contribution in [1.82, 2.24) is 14.8 Å². The summed E-state index contributed by atoms with van der Waals surface area (Å²) in [4.78, 5) is 0. The molecule has 1 unspecified atom stereocenters. The molecule has 0 amide bonds. The number of ether oxygens (including phenoxy) is 1. The van der Waals surface area contributed by atoms with Crippen molar-refractivity contribution in [2.45, 2.75) is 25.8 Å². The van der Waals surface area contributed by atoms with E-state index >= 15 is 0 Å². The van der Waals surface area contributed by atoms with Crippen molar-refractivity contribution >= 4 is 0 Å². The number of rotatable bonds is 6. The van der Waals surface area contributed by atoms with Crippen molar-refractivity contribution in [1.29, 1.82) is 0 Å². The Morgan fingerprint density at radius 1 is 1.26 bits per heavy atom. The van der Waals surface area contributed by atoms with Crippen molar-refractivity contribution in [3.63, 3.8) is 0 Å². The molecule has 1 aromatic carbocycles. The fourth-order valence-corrected chi connectivity index (χ4v) is 2.09. The van der Waals surface area contributed by atoms with Gasteiger partial charge < -0.3 is 10.5 Å². The Labute approximate surface area is 113 Å². The fraction of sp³-hybridized carbons (Fsp3) is 0.429. The van der Waals surface area contributed by atoms with Crippen molar-refractivity contribution in [3.8, 4) is 5.69 Å². The third-order valence-corrected chi connectivity index (χ3v) is 3.06. The van der Waals surface area contributed by atoms with Gasteiger partial charge in [0.2, 0.25) is 0 Å². The molecule has 5 heteroatoms. The lowest BCUT2D eigenvalue weighted by Crippen LogP contribution is -2.17. The number of hydrogen-bond donors (Lipinski definition) is 1. The average molecular weight is 260 g/mol. The summed E-state index contributed by atoms with van der Waals surface area (Å²) < 4.78 is 7.06. The van der Waals surface area contributed by atoms with Crippen molar-refractivity contribution < 1.29 is 4.74 Å². The van der Waals surface area contributed by atoms with Crippen LogP contribution in [0, 0.1) is 6.92 Å². The van der Waals surface area contributed by atoms with Gasteiger partial charge in [-0.15, -0.1) is 10.2 Å². The second-order valence-electron chi connectivity index (χ2n) is 4.52. The van der Waals surface area contributed by atoms with Gasteiger partial charge in [-0.1, -0.05) is 18.2 Å². The Balaban J connectivity index is 2.23. The summed E-state index contributed by atoms with van der Waals surface area (Å²) in [5, 5.41) is 8.36. The second-order valence-corrected chi connectivity index (χ2v) is 4.52. The molecule has 0 aliphatic heterocycles. The monoisotopic (exact) mass is 260 g/mol. The number of para-hydroxylation sites is 1. The van der Waals surface area contributed by atoms with E-state index in [0.717, 1.165) is 30.2 Å². The zero-order valence-corrected chi connectivity index (χ0v) is 11.4. The van der Waals surface area contributed by atoms with Crippen molar-refractivity contribution in [3.05, 3.63) is 42.0 Å². The normalized spacial score (nSPS) is 12.6. The molecule has 19 heavy (non-hydrogen) atoms. The van der Waals surface area contributed by atoms with Crippen LogP contribution in [0.15, 0.2) is 30.3 Å². The first-order valence-corrected chi connectivity index (χ1v) is 6.46. The minimum Gasteiger partial charge on any atom is -0.385 e. The van der Waals surface area contributed by atoms with E-state index in [1.165, 1.54) is 0 Å². The lowest BCUT2D eigenvalue weighted by atomic mass is 10.1. The molecule has 0 aliphatic rings. The Bertz CT molecular complexity index is 509. The van der Waals surface area contributed by atoms with Gasteiger partial charge >= 0.3 is 0 Å². The first-order chi connectivity index (χ1) is 9.24. The van der Waals surface area contributed by atoms with E-state index in [2.05, 4.69) is 10.2 Å². The first-order valence-electron chi connectivity index (χ1n) is 6.46. The molecule has 102 valence electrons. The van der Waals surface area contributed by atoms with Crippen molar-refractivity contribution in [2.75, 3.05) is 13.7 Å². The van der Waals surface area contributed by atoms with Crippen LogP contribution in [0.2, 0.25) is 0 Å². The lowest BCUT2D eigenvalue weighted by molar-refractivity contribution is 0.190. The van der Waals surface area contributed by atoms with Crippen LogP contribution in [-0.2, 0) is 4.74 Å². The van der Waals surface area contributed by atoms with Gasteiger partial charge in [0, 0.05) is 19.4 Å². The molecule has 5 nitrogen and oxygen atoms in total. The molecule has 0 saturated heterocycles. The summed E-state index contributed by atoms with van der Waals surface area (Å²) in [6, 6.07) is 9.91. The number of benzene rings is 1. The Morgan fingerprint density at radius 3 is 2.68 bits per heavy atom. The van der Waals surface area contributed by atoms with Gasteiger partial charge in [0.1, 0.15) is 5.82 Å². The van der Waals surface area contributed by atoms with Gasteiger partial charge in [-0.2, -0.15) is 0 Å². The van der Waals surface area contributed by atoms with E-state index in [1.54, 1.807) is 7.11 Å². The standard InChI is InChI=1S/C14H20N4O/c1-11-16-17-14(13(15)9-6-10-19-2)18(11)12-7-4-3-5-8-12/h3-5,7-8,13H,6,9-10,15H2,1-2H3. The number of methoxy groups -OCH3 is 1. The van der Waals surface area contributed by atoms with Crippen LogP contribution in [0.25, 0.3) is 5.69 Å². The highest BCUT2D eigenvalue weighted by Crippen LogP contribution is 2.19. The summed E-state index contributed by atoms with van der Waals surface area (Å²) in [5.74, 6) is 1.66. The maximum atomic E-state index is 6.21.